The number of carboxylic acid groups (broad SMARTS) is 1. The third-order valence-electron chi connectivity index (χ3n) is 2.14. The second kappa shape index (κ2) is 2.53. The first-order chi connectivity index (χ1) is 5.09. The first-order valence-corrected chi connectivity index (χ1v) is 3.40. The van der Waals surface area contributed by atoms with Gasteiger partial charge < -0.3 is 9.84 Å². The van der Waals surface area contributed by atoms with E-state index in [1.54, 1.807) is 6.92 Å². The SMILES string of the molecule is COC(=O)[C@@H]1[C@H](C)[C@H]1C(=O)O. The molecule has 1 aliphatic rings. The molecule has 4 nitrogen and oxygen atoms in total. The van der Waals surface area contributed by atoms with Crippen LogP contribution in [0.15, 0.2) is 0 Å². The van der Waals surface area contributed by atoms with Crippen molar-refractivity contribution in [2.24, 2.45) is 17.8 Å². The van der Waals surface area contributed by atoms with Crippen LogP contribution in [0.2, 0.25) is 0 Å². The molecule has 0 aromatic heterocycles. The molecule has 4 heteroatoms. The van der Waals surface area contributed by atoms with Crippen molar-refractivity contribution in [2.75, 3.05) is 7.11 Å². The van der Waals surface area contributed by atoms with E-state index in [-0.39, 0.29) is 5.92 Å². The maximum absolute atomic E-state index is 10.8. The Balaban J connectivity index is 2.54. The third kappa shape index (κ3) is 1.20. The van der Waals surface area contributed by atoms with Crippen LogP contribution < -0.4 is 0 Å². The molecule has 0 spiro atoms. The van der Waals surface area contributed by atoms with Gasteiger partial charge in [-0.2, -0.15) is 0 Å². The number of aliphatic carboxylic acids is 1. The summed E-state index contributed by atoms with van der Waals surface area (Å²) < 4.78 is 4.42. The molecule has 0 unspecified atom stereocenters. The van der Waals surface area contributed by atoms with Gasteiger partial charge in [-0.3, -0.25) is 9.59 Å². The van der Waals surface area contributed by atoms with Gasteiger partial charge in [0.15, 0.2) is 0 Å². The molecule has 1 N–H and O–H groups in total. The fourth-order valence-electron chi connectivity index (χ4n) is 1.34. The Labute approximate surface area is 64.2 Å². The van der Waals surface area contributed by atoms with Gasteiger partial charge in [-0.15, -0.1) is 0 Å². The molecule has 1 aliphatic carbocycles. The molecule has 1 saturated carbocycles. The zero-order chi connectivity index (χ0) is 8.59. The quantitative estimate of drug-likeness (QED) is 0.580. The van der Waals surface area contributed by atoms with Gasteiger partial charge in [-0.1, -0.05) is 6.92 Å². The van der Waals surface area contributed by atoms with Crippen molar-refractivity contribution < 1.29 is 19.4 Å². The highest BCUT2D eigenvalue weighted by Gasteiger charge is 2.57. The van der Waals surface area contributed by atoms with Crippen LogP contribution in [-0.2, 0) is 14.3 Å². The molecule has 0 heterocycles. The number of ether oxygens (including phenoxy) is 1. The molecule has 1 fully saturated rings. The Morgan fingerprint density at radius 3 is 2.18 bits per heavy atom. The standard InChI is InChI=1S/C7H10O4/c1-3-4(6(8)9)5(3)7(10)11-2/h3-5H,1-2H3,(H,8,9)/t3-,4-,5-/m1/s1. The summed E-state index contributed by atoms with van der Waals surface area (Å²) in [6.07, 6.45) is 0. The minimum atomic E-state index is -0.909. The van der Waals surface area contributed by atoms with Crippen molar-refractivity contribution in [3.63, 3.8) is 0 Å². The van der Waals surface area contributed by atoms with Crippen LogP contribution in [0.1, 0.15) is 6.92 Å². The molecular weight excluding hydrogens is 148 g/mol. The van der Waals surface area contributed by atoms with Crippen molar-refractivity contribution in [3.05, 3.63) is 0 Å². The van der Waals surface area contributed by atoms with Gasteiger partial charge in [0, 0.05) is 0 Å². The summed E-state index contributed by atoms with van der Waals surface area (Å²) in [5.41, 5.74) is 0. The fourth-order valence-corrected chi connectivity index (χ4v) is 1.34. The van der Waals surface area contributed by atoms with Crippen molar-refractivity contribution in [1.82, 2.24) is 0 Å². The number of hydrogen-bond acceptors (Lipinski definition) is 3. The monoisotopic (exact) mass is 158 g/mol. The van der Waals surface area contributed by atoms with Gasteiger partial charge in [-0.05, 0) is 5.92 Å². The maximum Gasteiger partial charge on any atom is 0.309 e. The molecule has 62 valence electrons. The maximum atomic E-state index is 10.8. The second-order valence-electron chi connectivity index (χ2n) is 2.77. The Morgan fingerprint density at radius 2 is 1.91 bits per heavy atom. The van der Waals surface area contributed by atoms with E-state index in [1.807, 2.05) is 0 Å². The highest BCUT2D eigenvalue weighted by molar-refractivity contribution is 5.87. The van der Waals surface area contributed by atoms with E-state index in [9.17, 15) is 9.59 Å². The molecule has 0 radical (unpaired) electrons. The molecule has 1 rings (SSSR count). The van der Waals surface area contributed by atoms with Gasteiger partial charge in [0.2, 0.25) is 0 Å². The Bertz CT molecular complexity index is 199. The van der Waals surface area contributed by atoms with E-state index in [4.69, 9.17) is 5.11 Å². The summed E-state index contributed by atoms with van der Waals surface area (Å²) in [6.45, 7) is 1.74. The number of hydrogen-bond donors (Lipinski definition) is 1. The van der Waals surface area contributed by atoms with Crippen molar-refractivity contribution in [3.8, 4) is 0 Å². The Morgan fingerprint density at radius 1 is 1.36 bits per heavy atom. The van der Waals surface area contributed by atoms with Gasteiger partial charge in [0.1, 0.15) is 0 Å². The third-order valence-corrected chi connectivity index (χ3v) is 2.14. The smallest absolute Gasteiger partial charge is 0.309 e. The molecule has 0 aliphatic heterocycles. The average molecular weight is 158 g/mol. The summed E-state index contributed by atoms with van der Waals surface area (Å²) in [6, 6.07) is 0. The predicted octanol–water partition coefficient (Wildman–Crippen LogP) is 0.126. The highest BCUT2D eigenvalue weighted by atomic mass is 16.5. The Kier molecular flexibility index (Phi) is 1.85. The van der Waals surface area contributed by atoms with Gasteiger partial charge in [-0.25, -0.2) is 0 Å². The van der Waals surface area contributed by atoms with E-state index < -0.39 is 23.8 Å². The minimum Gasteiger partial charge on any atom is -0.481 e. The molecule has 3 atom stereocenters. The van der Waals surface area contributed by atoms with Crippen LogP contribution >= 0.6 is 0 Å². The van der Waals surface area contributed by atoms with Crippen LogP contribution in [-0.4, -0.2) is 24.2 Å². The van der Waals surface area contributed by atoms with Crippen LogP contribution in [0.5, 0.6) is 0 Å². The van der Waals surface area contributed by atoms with E-state index in [1.165, 1.54) is 7.11 Å². The molecular formula is C7H10O4. The average Bonchev–Trinajstić information content (AvgIpc) is 2.60. The van der Waals surface area contributed by atoms with Gasteiger partial charge in [0.25, 0.3) is 0 Å². The van der Waals surface area contributed by atoms with E-state index in [0.29, 0.717) is 0 Å². The second-order valence-corrected chi connectivity index (χ2v) is 2.77. The zero-order valence-electron chi connectivity index (χ0n) is 6.40. The van der Waals surface area contributed by atoms with E-state index in [2.05, 4.69) is 4.74 Å². The van der Waals surface area contributed by atoms with E-state index >= 15 is 0 Å². The lowest BCUT2D eigenvalue weighted by molar-refractivity contribution is -0.146. The summed E-state index contributed by atoms with van der Waals surface area (Å²) in [4.78, 5) is 21.2. The number of methoxy groups -OCH3 is 1. The molecule has 0 amide bonds. The lowest BCUT2D eigenvalue weighted by atomic mass is 10.3. The molecule has 0 aromatic carbocycles. The topological polar surface area (TPSA) is 63.6 Å². The summed E-state index contributed by atoms with van der Waals surface area (Å²) in [7, 11) is 1.27. The lowest BCUT2D eigenvalue weighted by Gasteiger charge is -1.93. The van der Waals surface area contributed by atoms with Crippen LogP contribution in [0, 0.1) is 17.8 Å². The lowest BCUT2D eigenvalue weighted by Crippen LogP contribution is -2.08. The molecule has 0 saturated heterocycles. The van der Waals surface area contributed by atoms with Crippen molar-refractivity contribution in [2.45, 2.75) is 6.92 Å². The number of esters is 1. The van der Waals surface area contributed by atoms with Crippen LogP contribution in [0.3, 0.4) is 0 Å². The summed E-state index contributed by atoms with van der Waals surface area (Å²) in [5.74, 6) is -2.34. The molecule has 11 heavy (non-hydrogen) atoms. The zero-order valence-corrected chi connectivity index (χ0v) is 6.40. The van der Waals surface area contributed by atoms with E-state index in [0.717, 1.165) is 0 Å². The normalized spacial score (nSPS) is 34.5. The first-order valence-electron chi connectivity index (χ1n) is 3.40. The highest BCUT2D eigenvalue weighted by Crippen LogP contribution is 2.46. The number of carbonyl (C=O) groups is 2. The van der Waals surface area contributed by atoms with Gasteiger partial charge in [0.05, 0.1) is 18.9 Å². The minimum absolute atomic E-state index is 0.0695. The number of rotatable bonds is 2. The van der Waals surface area contributed by atoms with Crippen molar-refractivity contribution >= 4 is 11.9 Å². The van der Waals surface area contributed by atoms with Crippen LogP contribution in [0.25, 0.3) is 0 Å². The molecule has 0 bridgehead atoms. The summed E-state index contributed by atoms with van der Waals surface area (Å²) >= 11 is 0. The van der Waals surface area contributed by atoms with Crippen molar-refractivity contribution in [1.29, 1.82) is 0 Å². The Hall–Kier alpha value is -1.06. The predicted molar refractivity (Wildman–Crippen MR) is 35.8 cm³/mol. The summed E-state index contributed by atoms with van der Waals surface area (Å²) in [5, 5.41) is 8.53. The largest absolute Gasteiger partial charge is 0.481 e. The number of carboxylic acids is 1. The molecule has 0 aromatic rings. The number of carbonyl (C=O) groups excluding carboxylic acids is 1. The van der Waals surface area contributed by atoms with Crippen LogP contribution in [0.4, 0.5) is 0 Å². The first kappa shape index (κ1) is 8.04. The fraction of sp³-hybridized carbons (Fsp3) is 0.714. The van der Waals surface area contributed by atoms with Gasteiger partial charge >= 0.3 is 11.9 Å².